The number of fused-ring (bicyclic) bond motifs is 3. The first-order chi connectivity index (χ1) is 8.15. The highest BCUT2D eigenvalue weighted by Crippen LogP contribution is 2.33. The van der Waals surface area contributed by atoms with Crippen LogP contribution in [0.3, 0.4) is 0 Å². The predicted octanol–water partition coefficient (Wildman–Crippen LogP) is 5.95. The second-order valence-electron chi connectivity index (χ2n) is 3.92. The average Bonchev–Trinajstić information content (AvgIpc) is 2.31. The van der Waals surface area contributed by atoms with Gasteiger partial charge in [-0.2, -0.15) is 0 Å². The number of benzene rings is 3. The fourth-order valence-electron chi connectivity index (χ4n) is 2.02. The summed E-state index contributed by atoms with van der Waals surface area (Å²) in [5.41, 5.74) is 0. The lowest BCUT2D eigenvalue weighted by Gasteiger charge is -2.06. The van der Waals surface area contributed by atoms with Crippen LogP contribution in [0.25, 0.3) is 21.5 Å². The minimum atomic E-state index is 0.562. The van der Waals surface area contributed by atoms with Crippen molar-refractivity contribution in [2.45, 2.75) is 0 Å². The van der Waals surface area contributed by atoms with Gasteiger partial charge >= 0.3 is 0 Å². The third-order valence-corrected chi connectivity index (χ3v) is 3.80. The molecule has 84 valence electrons. The summed E-state index contributed by atoms with van der Waals surface area (Å²) < 4.78 is 0. The van der Waals surface area contributed by atoms with E-state index in [9.17, 15) is 0 Å². The van der Waals surface area contributed by atoms with E-state index in [0.717, 1.165) is 26.6 Å². The SMILES string of the molecule is Clc1ccc2ccc3cc(Cl)c(Cl)cc3c2c1. The van der Waals surface area contributed by atoms with Gasteiger partial charge in [-0.1, -0.05) is 53.0 Å². The monoisotopic (exact) mass is 280 g/mol. The maximum atomic E-state index is 6.06. The van der Waals surface area contributed by atoms with Crippen molar-refractivity contribution in [3.05, 3.63) is 57.5 Å². The van der Waals surface area contributed by atoms with Gasteiger partial charge in [0.25, 0.3) is 0 Å². The van der Waals surface area contributed by atoms with E-state index in [1.165, 1.54) is 0 Å². The molecule has 3 heteroatoms. The molecule has 0 nitrogen and oxygen atoms in total. The maximum absolute atomic E-state index is 6.06. The lowest BCUT2D eigenvalue weighted by Crippen LogP contribution is -1.79. The molecule has 0 bridgehead atoms. The molecule has 0 radical (unpaired) electrons. The largest absolute Gasteiger partial charge is 0.0843 e. The molecule has 3 rings (SSSR count). The molecule has 0 fully saturated rings. The molecule has 0 spiro atoms. The van der Waals surface area contributed by atoms with Crippen molar-refractivity contribution in [2.75, 3.05) is 0 Å². The molecular formula is C14H7Cl3. The van der Waals surface area contributed by atoms with E-state index < -0.39 is 0 Å². The lowest BCUT2D eigenvalue weighted by molar-refractivity contribution is 1.76. The Kier molecular flexibility index (Phi) is 2.67. The van der Waals surface area contributed by atoms with Crippen LogP contribution in [0.15, 0.2) is 42.5 Å². The van der Waals surface area contributed by atoms with Crippen molar-refractivity contribution >= 4 is 56.3 Å². The number of hydrogen-bond acceptors (Lipinski definition) is 0. The summed E-state index contributed by atoms with van der Waals surface area (Å²) in [4.78, 5) is 0. The minimum Gasteiger partial charge on any atom is -0.0843 e. The number of rotatable bonds is 0. The first-order valence-electron chi connectivity index (χ1n) is 5.12. The Morgan fingerprint density at radius 2 is 1.18 bits per heavy atom. The second-order valence-corrected chi connectivity index (χ2v) is 5.17. The summed E-state index contributed by atoms with van der Waals surface area (Å²) in [5, 5.41) is 6.21. The van der Waals surface area contributed by atoms with Crippen molar-refractivity contribution < 1.29 is 0 Å². The van der Waals surface area contributed by atoms with E-state index in [2.05, 4.69) is 6.07 Å². The van der Waals surface area contributed by atoms with Crippen molar-refractivity contribution in [3.8, 4) is 0 Å². The zero-order valence-corrected chi connectivity index (χ0v) is 10.9. The molecule has 0 saturated heterocycles. The van der Waals surface area contributed by atoms with Gasteiger partial charge in [0.1, 0.15) is 0 Å². The van der Waals surface area contributed by atoms with Crippen LogP contribution >= 0.6 is 34.8 Å². The van der Waals surface area contributed by atoms with Gasteiger partial charge in [0.15, 0.2) is 0 Å². The van der Waals surface area contributed by atoms with Crippen molar-refractivity contribution in [2.24, 2.45) is 0 Å². The fourth-order valence-corrected chi connectivity index (χ4v) is 2.53. The minimum absolute atomic E-state index is 0.562. The molecule has 0 atom stereocenters. The quantitative estimate of drug-likeness (QED) is 0.446. The van der Waals surface area contributed by atoms with Gasteiger partial charge in [0.05, 0.1) is 10.0 Å². The van der Waals surface area contributed by atoms with Crippen molar-refractivity contribution in [3.63, 3.8) is 0 Å². The van der Waals surface area contributed by atoms with Crippen LogP contribution in [0, 0.1) is 0 Å². The standard InChI is InChI=1S/C14H7Cl3/c15-10-4-3-8-1-2-9-5-13(16)14(17)7-12(9)11(8)6-10/h1-7H. The molecule has 17 heavy (non-hydrogen) atoms. The average molecular weight is 282 g/mol. The van der Waals surface area contributed by atoms with Crippen LogP contribution in [0.1, 0.15) is 0 Å². The smallest absolute Gasteiger partial charge is 0.0598 e. The Morgan fingerprint density at radius 1 is 0.588 bits per heavy atom. The van der Waals surface area contributed by atoms with E-state index in [4.69, 9.17) is 34.8 Å². The molecule has 0 aliphatic carbocycles. The van der Waals surface area contributed by atoms with Gasteiger partial charge in [-0.05, 0) is 45.8 Å². The number of hydrogen-bond donors (Lipinski definition) is 0. The van der Waals surface area contributed by atoms with Crippen LogP contribution in [0.4, 0.5) is 0 Å². The number of halogens is 3. The van der Waals surface area contributed by atoms with Crippen LogP contribution in [0.2, 0.25) is 15.1 Å². The maximum Gasteiger partial charge on any atom is 0.0598 e. The molecule has 0 aromatic heterocycles. The Labute approximate surface area is 114 Å². The first-order valence-corrected chi connectivity index (χ1v) is 6.25. The van der Waals surface area contributed by atoms with Crippen LogP contribution < -0.4 is 0 Å². The Balaban J connectivity index is 2.53. The van der Waals surface area contributed by atoms with E-state index in [1.807, 2.05) is 36.4 Å². The molecule has 0 aliphatic heterocycles. The van der Waals surface area contributed by atoms with E-state index >= 15 is 0 Å². The van der Waals surface area contributed by atoms with E-state index in [0.29, 0.717) is 10.0 Å². The van der Waals surface area contributed by atoms with Crippen LogP contribution in [0.5, 0.6) is 0 Å². The third kappa shape index (κ3) is 1.87. The summed E-state index contributed by atoms with van der Waals surface area (Å²) in [5.74, 6) is 0. The van der Waals surface area contributed by atoms with Gasteiger partial charge in [0.2, 0.25) is 0 Å². The molecule has 0 aliphatic rings. The Hall–Kier alpha value is -0.950. The summed E-state index contributed by atoms with van der Waals surface area (Å²) in [6.07, 6.45) is 0. The molecule has 3 aromatic rings. The van der Waals surface area contributed by atoms with Gasteiger partial charge in [-0.3, -0.25) is 0 Å². The third-order valence-electron chi connectivity index (χ3n) is 2.84. The highest BCUT2D eigenvalue weighted by molar-refractivity contribution is 6.43. The van der Waals surface area contributed by atoms with E-state index in [1.54, 1.807) is 0 Å². The van der Waals surface area contributed by atoms with Gasteiger partial charge in [-0.15, -0.1) is 0 Å². The van der Waals surface area contributed by atoms with Crippen molar-refractivity contribution in [1.82, 2.24) is 0 Å². The summed E-state index contributed by atoms with van der Waals surface area (Å²) >= 11 is 18.1. The Bertz CT molecular complexity index is 732. The topological polar surface area (TPSA) is 0 Å². The molecule has 0 N–H and O–H groups in total. The lowest BCUT2D eigenvalue weighted by atomic mass is 10.0. The molecule has 0 amide bonds. The summed E-state index contributed by atoms with van der Waals surface area (Å²) in [6, 6.07) is 13.7. The summed E-state index contributed by atoms with van der Waals surface area (Å²) in [6.45, 7) is 0. The second kappa shape index (κ2) is 4.06. The fraction of sp³-hybridized carbons (Fsp3) is 0. The molecule has 3 aromatic carbocycles. The van der Waals surface area contributed by atoms with Crippen LogP contribution in [-0.2, 0) is 0 Å². The van der Waals surface area contributed by atoms with Gasteiger partial charge in [0, 0.05) is 5.02 Å². The van der Waals surface area contributed by atoms with Gasteiger partial charge < -0.3 is 0 Å². The highest BCUT2D eigenvalue weighted by atomic mass is 35.5. The van der Waals surface area contributed by atoms with Gasteiger partial charge in [-0.25, -0.2) is 0 Å². The molecule has 0 heterocycles. The predicted molar refractivity (Wildman–Crippen MR) is 76.5 cm³/mol. The zero-order chi connectivity index (χ0) is 12.0. The zero-order valence-electron chi connectivity index (χ0n) is 8.68. The molecule has 0 unspecified atom stereocenters. The first kappa shape index (κ1) is 11.2. The normalized spacial score (nSPS) is 11.2. The Morgan fingerprint density at radius 3 is 2.00 bits per heavy atom. The van der Waals surface area contributed by atoms with Crippen molar-refractivity contribution in [1.29, 1.82) is 0 Å². The highest BCUT2D eigenvalue weighted by Gasteiger charge is 2.05. The molecule has 0 saturated carbocycles. The summed E-state index contributed by atoms with van der Waals surface area (Å²) in [7, 11) is 0. The van der Waals surface area contributed by atoms with Crippen LogP contribution in [-0.4, -0.2) is 0 Å². The molecular weight excluding hydrogens is 275 g/mol. The van der Waals surface area contributed by atoms with E-state index in [-0.39, 0.29) is 0 Å².